The van der Waals surface area contributed by atoms with Gasteiger partial charge >= 0.3 is 0 Å². The molecule has 0 spiro atoms. The van der Waals surface area contributed by atoms with E-state index in [2.05, 4.69) is 5.32 Å². The number of carbonyl (C=O) groups is 1. The van der Waals surface area contributed by atoms with Gasteiger partial charge in [-0.25, -0.2) is 4.39 Å². The monoisotopic (exact) mass is 261 g/mol. The maximum Gasteiger partial charge on any atom is 0.216 e. The number of phenols is 1. The predicted octanol–water partition coefficient (Wildman–Crippen LogP) is 0.201. The Labute approximate surface area is 102 Å². The van der Waals surface area contributed by atoms with Crippen molar-refractivity contribution in [3.63, 3.8) is 0 Å². The van der Waals surface area contributed by atoms with Crippen LogP contribution in [-0.4, -0.2) is 33.9 Å². The van der Waals surface area contributed by atoms with Crippen LogP contribution in [0.15, 0.2) is 12.1 Å². The van der Waals surface area contributed by atoms with Gasteiger partial charge in [0.2, 0.25) is 5.91 Å². The van der Waals surface area contributed by atoms with Gasteiger partial charge in [-0.2, -0.15) is 4.39 Å². The molecule has 1 aromatic carbocycles. The Morgan fingerprint density at radius 1 is 1.39 bits per heavy atom. The molecule has 0 aliphatic rings. The lowest BCUT2D eigenvalue weighted by molar-refractivity contribution is -0.119. The van der Waals surface area contributed by atoms with Gasteiger partial charge in [-0.15, -0.1) is 0 Å². The summed E-state index contributed by atoms with van der Waals surface area (Å²) in [6.45, 7) is 0.971. The average molecular weight is 261 g/mol. The Balaban J connectivity index is 2.83. The van der Waals surface area contributed by atoms with Crippen molar-refractivity contribution in [1.29, 1.82) is 0 Å². The van der Waals surface area contributed by atoms with Crippen LogP contribution >= 0.6 is 0 Å². The van der Waals surface area contributed by atoms with E-state index in [9.17, 15) is 23.8 Å². The summed E-state index contributed by atoms with van der Waals surface area (Å²) in [5.41, 5.74) is -0.191. The minimum atomic E-state index is -1.56. The Kier molecular flexibility index (Phi) is 4.57. The summed E-state index contributed by atoms with van der Waals surface area (Å²) >= 11 is 0. The number of hydrogen-bond donors (Lipinski definition) is 4. The number of aliphatic hydroxyl groups is 2. The van der Waals surface area contributed by atoms with Crippen molar-refractivity contribution in [1.82, 2.24) is 5.32 Å². The summed E-state index contributed by atoms with van der Waals surface area (Å²) in [7, 11) is 0. The van der Waals surface area contributed by atoms with Crippen molar-refractivity contribution in [2.24, 2.45) is 0 Å². The quantitative estimate of drug-likeness (QED) is 0.623. The van der Waals surface area contributed by atoms with E-state index in [0.717, 1.165) is 6.07 Å². The third kappa shape index (κ3) is 3.38. The van der Waals surface area contributed by atoms with E-state index in [0.29, 0.717) is 6.07 Å². The summed E-state index contributed by atoms with van der Waals surface area (Å²) in [5, 5.41) is 30.5. The Morgan fingerprint density at radius 3 is 2.50 bits per heavy atom. The van der Waals surface area contributed by atoms with Crippen LogP contribution in [-0.2, 0) is 4.79 Å². The topological polar surface area (TPSA) is 89.8 Å². The molecule has 7 heteroatoms. The van der Waals surface area contributed by atoms with E-state index in [4.69, 9.17) is 5.11 Å². The molecule has 0 aliphatic heterocycles. The second kappa shape index (κ2) is 5.74. The van der Waals surface area contributed by atoms with E-state index < -0.39 is 35.5 Å². The molecule has 0 saturated carbocycles. The van der Waals surface area contributed by atoms with Gasteiger partial charge < -0.3 is 20.6 Å². The molecule has 2 atom stereocenters. The third-order valence-electron chi connectivity index (χ3n) is 2.30. The molecular formula is C11H13F2NO4. The molecular weight excluding hydrogens is 248 g/mol. The van der Waals surface area contributed by atoms with Crippen LogP contribution < -0.4 is 5.32 Å². The average Bonchev–Trinajstić information content (AvgIpc) is 2.31. The first-order chi connectivity index (χ1) is 8.32. The highest BCUT2D eigenvalue weighted by Crippen LogP contribution is 2.26. The van der Waals surface area contributed by atoms with E-state index in [1.165, 1.54) is 6.92 Å². The molecule has 1 amide bonds. The van der Waals surface area contributed by atoms with Crippen molar-refractivity contribution in [2.45, 2.75) is 19.1 Å². The van der Waals surface area contributed by atoms with Crippen LogP contribution in [0.3, 0.4) is 0 Å². The van der Waals surface area contributed by atoms with Crippen LogP contribution in [0.4, 0.5) is 8.78 Å². The smallest absolute Gasteiger partial charge is 0.216 e. The molecule has 0 radical (unpaired) electrons. The number of hydrogen-bond acceptors (Lipinski definition) is 4. The molecule has 18 heavy (non-hydrogen) atoms. The van der Waals surface area contributed by atoms with Gasteiger partial charge in [0.15, 0.2) is 17.4 Å². The molecule has 0 aliphatic carbocycles. The molecule has 0 aromatic heterocycles. The van der Waals surface area contributed by atoms with Crippen molar-refractivity contribution in [3.05, 3.63) is 29.3 Å². The SMILES string of the molecule is CC(=O)NCC(O)C(O)c1cc(O)c(F)c(F)c1. The van der Waals surface area contributed by atoms with Crippen LogP contribution in [0.25, 0.3) is 0 Å². The minimum absolute atomic E-state index is 0.191. The summed E-state index contributed by atoms with van der Waals surface area (Å²) in [5.74, 6) is -4.14. The van der Waals surface area contributed by atoms with Crippen LogP contribution in [0.1, 0.15) is 18.6 Å². The maximum absolute atomic E-state index is 13.0. The number of phenolic OH excluding ortho intramolecular Hbond substituents is 1. The van der Waals surface area contributed by atoms with Gasteiger partial charge in [-0.1, -0.05) is 0 Å². The molecule has 1 rings (SSSR count). The van der Waals surface area contributed by atoms with Crippen molar-refractivity contribution in [2.75, 3.05) is 6.54 Å². The van der Waals surface area contributed by atoms with E-state index in [1.54, 1.807) is 0 Å². The summed E-state index contributed by atoms with van der Waals surface area (Å²) < 4.78 is 25.8. The summed E-state index contributed by atoms with van der Waals surface area (Å²) in [4.78, 5) is 10.6. The molecule has 0 saturated heterocycles. The lowest BCUT2D eigenvalue weighted by Crippen LogP contribution is -2.34. The number of benzene rings is 1. The van der Waals surface area contributed by atoms with Gasteiger partial charge in [0, 0.05) is 13.5 Å². The second-order valence-corrected chi connectivity index (χ2v) is 3.79. The molecule has 0 bridgehead atoms. The summed E-state index contributed by atoms with van der Waals surface area (Å²) in [6.07, 6.45) is -2.96. The standard InChI is InChI=1S/C11H13F2NO4/c1-5(15)14-4-9(17)11(18)6-2-7(12)10(13)8(16)3-6/h2-3,9,11,16-18H,4H2,1H3,(H,14,15). The lowest BCUT2D eigenvalue weighted by atomic mass is 10.0. The fourth-order valence-electron chi connectivity index (χ4n) is 1.35. The van der Waals surface area contributed by atoms with E-state index in [-0.39, 0.29) is 12.1 Å². The first-order valence-corrected chi connectivity index (χ1v) is 5.11. The predicted molar refractivity (Wildman–Crippen MR) is 57.7 cm³/mol. The van der Waals surface area contributed by atoms with E-state index in [1.807, 2.05) is 0 Å². The number of aliphatic hydroxyl groups excluding tert-OH is 2. The number of aromatic hydroxyl groups is 1. The first-order valence-electron chi connectivity index (χ1n) is 5.11. The molecule has 100 valence electrons. The number of carbonyl (C=O) groups excluding carboxylic acids is 1. The highest BCUT2D eigenvalue weighted by Gasteiger charge is 2.21. The van der Waals surface area contributed by atoms with Gasteiger partial charge in [0.1, 0.15) is 12.2 Å². The van der Waals surface area contributed by atoms with Crippen molar-refractivity contribution in [3.8, 4) is 5.75 Å². The Morgan fingerprint density at radius 2 is 2.00 bits per heavy atom. The molecule has 2 unspecified atom stereocenters. The third-order valence-corrected chi connectivity index (χ3v) is 2.30. The van der Waals surface area contributed by atoms with Gasteiger partial charge in [-0.3, -0.25) is 4.79 Å². The van der Waals surface area contributed by atoms with Gasteiger partial charge in [0.05, 0.1) is 0 Å². The zero-order valence-corrected chi connectivity index (χ0v) is 9.52. The normalized spacial score (nSPS) is 14.1. The maximum atomic E-state index is 13.0. The fraction of sp³-hybridized carbons (Fsp3) is 0.364. The van der Waals surface area contributed by atoms with E-state index >= 15 is 0 Å². The molecule has 4 N–H and O–H groups in total. The first kappa shape index (κ1) is 14.3. The van der Waals surface area contributed by atoms with Crippen molar-refractivity contribution < 1.29 is 28.9 Å². The van der Waals surface area contributed by atoms with Gasteiger partial charge in [0.25, 0.3) is 0 Å². The molecule has 0 fully saturated rings. The largest absolute Gasteiger partial charge is 0.505 e. The Hall–Kier alpha value is -1.73. The molecule has 0 heterocycles. The molecule has 5 nitrogen and oxygen atoms in total. The zero-order chi connectivity index (χ0) is 13.9. The Bertz CT molecular complexity index is 430. The molecule has 1 aromatic rings. The zero-order valence-electron chi connectivity index (χ0n) is 9.52. The van der Waals surface area contributed by atoms with Crippen LogP contribution in [0, 0.1) is 11.6 Å². The highest BCUT2D eigenvalue weighted by atomic mass is 19.2. The number of rotatable bonds is 4. The summed E-state index contributed by atoms with van der Waals surface area (Å²) in [6, 6.07) is 1.47. The number of halogens is 2. The minimum Gasteiger partial charge on any atom is -0.505 e. The van der Waals surface area contributed by atoms with Crippen molar-refractivity contribution >= 4 is 5.91 Å². The fourth-order valence-corrected chi connectivity index (χ4v) is 1.35. The van der Waals surface area contributed by atoms with Crippen LogP contribution in [0.2, 0.25) is 0 Å². The van der Waals surface area contributed by atoms with Crippen LogP contribution in [0.5, 0.6) is 5.75 Å². The number of nitrogens with one attached hydrogen (secondary N) is 1. The van der Waals surface area contributed by atoms with Gasteiger partial charge in [-0.05, 0) is 17.7 Å². The lowest BCUT2D eigenvalue weighted by Gasteiger charge is -2.18. The number of amides is 1. The second-order valence-electron chi connectivity index (χ2n) is 3.79. The highest BCUT2D eigenvalue weighted by molar-refractivity contribution is 5.72.